The highest BCUT2D eigenvalue weighted by Gasteiger charge is 2.42. The van der Waals surface area contributed by atoms with Crippen LogP contribution in [0.4, 0.5) is 0 Å². The quantitative estimate of drug-likeness (QED) is 0.780. The zero-order valence-electron chi connectivity index (χ0n) is 10.2. The van der Waals surface area contributed by atoms with E-state index < -0.39 is 10.0 Å². The van der Waals surface area contributed by atoms with E-state index in [0.29, 0.717) is 30.3 Å². The Labute approximate surface area is 98.4 Å². The zero-order chi connectivity index (χ0) is 11.8. The first kappa shape index (κ1) is 12.3. The highest BCUT2D eigenvalue weighted by molar-refractivity contribution is 7.89. The minimum absolute atomic E-state index is 0.334. The third kappa shape index (κ3) is 2.57. The van der Waals surface area contributed by atoms with Crippen molar-refractivity contribution >= 4 is 10.0 Å². The first-order valence-corrected chi connectivity index (χ1v) is 7.76. The lowest BCUT2D eigenvalue weighted by Gasteiger charge is -2.22. The molecule has 0 aromatic heterocycles. The van der Waals surface area contributed by atoms with Crippen LogP contribution in [-0.4, -0.2) is 44.2 Å². The lowest BCUT2D eigenvalue weighted by molar-refractivity contribution is 0.357. The molecule has 0 aromatic rings. The molecule has 1 aliphatic heterocycles. The van der Waals surface area contributed by atoms with Crippen molar-refractivity contribution in [1.29, 1.82) is 0 Å². The minimum Gasteiger partial charge on any atom is -0.312 e. The Hall–Kier alpha value is -0.130. The number of hydrogen-bond acceptors (Lipinski definition) is 3. The van der Waals surface area contributed by atoms with Gasteiger partial charge in [0.05, 0.1) is 5.75 Å². The summed E-state index contributed by atoms with van der Waals surface area (Å²) in [4.78, 5) is 0. The van der Waals surface area contributed by atoms with Gasteiger partial charge in [-0.3, -0.25) is 0 Å². The van der Waals surface area contributed by atoms with Crippen molar-refractivity contribution in [2.75, 3.05) is 25.4 Å². The second-order valence-corrected chi connectivity index (χ2v) is 7.49. The molecule has 1 aliphatic carbocycles. The lowest BCUT2D eigenvalue weighted by Crippen LogP contribution is -2.39. The average Bonchev–Trinajstić information content (AvgIpc) is 2.86. The fourth-order valence-electron chi connectivity index (χ4n) is 2.22. The number of nitrogens with one attached hydrogen (secondary N) is 1. The van der Waals surface area contributed by atoms with Crippen LogP contribution < -0.4 is 5.32 Å². The third-order valence-electron chi connectivity index (χ3n) is 4.10. The molecule has 0 aromatic carbocycles. The van der Waals surface area contributed by atoms with Crippen LogP contribution in [0.5, 0.6) is 0 Å². The standard InChI is InChI=1S/C11H22N2O2S/c1-10(11(2)4-5-11)12-6-8-13-7-3-9-16(13,14)15/h10,12H,3-9H2,1-2H3. The Morgan fingerprint density at radius 3 is 2.62 bits per heavy atom. The average molecular weight is 246 g/mol. The predicted octanol–water partition coefficient (Wildman–Crippen LogP) is 0.800. The molecule has 2 aliphatic rings. The second kappa shape index (κ2) is 4.27. The SMILES string of the molecule is CC(NCCN1CCCS1(=O)=O)C1(C)CC1. The molecule has 1 heterocycles. The van der Waals surface area contributed by atoms with E-state index in [9.17, 15) is 8.42 Å². The van der Waals surface area contributed by atoms with Crippen molar-refractivity contribution < 1.29 is 8.42 Å². The van der Waals surface area contributed by atoms with E-state index in [1.165, 1.54) is 12.8 Å². The normalized spacial score (nSPS) is 29.1. The summed E-state index contributed by atoms with van der Waals surface area (Å²) in [6.45, 7) is 6.59. The van der Waals surface area contributed by atoms with Gasteiger partial charge in [-0.1, -0.05) is 6.92 Å². The maximum atomic E-state index is 11.5. The summed E-state index contributed by atoms with van der Waals surface area (Å²) in [5.74, 6) is 0.334. The molecule has 0 spiro atoms. The van der Waals surface area contributed by atoms with E-state index in [1.807, 2.05) is 0 Å². The van der Waals surface area contributed by atoms with Crippen LogP contribution in [0.1, 0.15) is 33.1 Å². The van der Waals surface area contributed by atoms with Crippen LogP contribution in [0.3, 0.4) is 0 Å². The summed E-state index contributed by atoms with van der Waals surface area (Å²) in [6, 6.07) is 0.498. The minimum atomic E-state index is -2.91. The van der Waals surface area contributed by atoms with Crippen LogP contribution in [0.25, 0.3) is 0 Å². The van der Waals surface area contributed by atoms with Crippen molar-refractivity contribution in [1.82, 2.24) is 9.62 Å². The largest absolute Gasteiger partial charge is 0.312 e. The molecule has 2 rings (SSSR count). The first-order chi connectivity index (χ1) is 7.44. The highest BCUT2D eigenvalue weighted by atomic mass is 32.2. The Kier molecular flexibility index (Phi) is 3.29. The Balaban J connectivity index is 1.72. The van der Waals surface area contributed by atoms with E-state index in [0.717, 1.165) is 13.0 Å². The number of rotatable bonds is 5. The topological polar surface area (TPSA) is 49.4 Å². The summed E-state index contributed by atoms with van der Waals surface area (Å²) in [5.41, 5.74) is 0.462. The molecule has 1 unspecified atom stereocenters. The number of nitrogens with zero attached hydrogens (tertiary/aromatic N) is 1. The van der Waals surface area contributed by atoms with E-state index >= 15 is 0 Å². The molecular weight excluding hydrogens is 224 g/mol. The van der Waals surface area contributed by atoms with Crippen LogP contribution in [0, 0.1) is 5.41 Å². The molecule has 0 amide bonds. The van der Waals surface area contributed by atoms with Gasteiger partial charge < -0.3 is 5.32 Å². The maximum Gasteiger partial charge on any atom is 0.214 e. The molecule has 0 bridgehead atoms. The predicted molar refractivity (Wildman–Crippen MR) is 64.8 cm³/mol. The fourth-order valence-corrected chi connectivity index (χ4v) is 3.75. The van der Waals surface area contributed by atoms with E-state index in [2.05, 4.69) is 19.2 Å². The summed E-state index contributed by atoms with van der Waals surface area (Å²) >= 11 is 0. The van der Waals surface area contributed by atoms with Gasteiger partial charge in [0.2, 0.25) is 10.0 Å². The molecule has 0 radical (unpaired) electrons. The maximum absolute atomic E-state index is 11.5. The van der Waals surface area contributed by atoms with Crippen molar-refractivity contribution in [2.45, 2.75) is 39.2 Å². The molecule has 94 valence electrons. The van der Waals surface area contributed by atoms with Gasteiger partial charge in [0, 0.05) is 25.7 Å². The summed E-state index contributed by atoms with van der Waals surface area (Å²) in [5, 5.41) is 3.44. The van der Waals surface area contributed by atoms with Crippen LogP contribution in [0.2, 0.25) is 0 Å². The van der Waals surface area contributed by atoms with Crippen molar-refractivity contribution in [3.63, 3.8) is 0 Å². The molecule has 1 atom stereocenters. The molecule has 1 N–H and O–H groups in total. The molecular formula is C11H22N2O2S. The van der Waals surface area contributed by atoms with E-state index in [-0.39, 0.29) is 0 Å². The molecule has 2 fully saturated rings. The number of hydrogen-bond donors (Lipinski definition) is 1. The van der Waals surface area contributed by atoms with Gasteiger partial charge in [0.25, 0.3) is 0 Å². The van der Waals surface area contributed by atoms with Gasteiger partial charge in [-0.05, 0) is 31.6 Å². The highest BCUT2D eigenvalue weighted by Crippen LogP contribution is 2.47. The molecule has 16 heavy (non-hydrogen) atoms. The van der Waals surface area contributed by atoms with Crippen molar-refractivity contribution in [3.8, 4) is 0 Å². The molecule has 1 saturated carbocycles. The smallest absolute Gasteiger partial charge is 0.214 e. The van der Waals surface area contributed by atoms with Crippen molar-refractivity contribution in [2.24, 2.45) is 5.41 Å². The summed E-state index contributed by atoms with van der Waals surface area (Å²) in [7, 11) is -2.91. The fraction of sp³-hybridized carbons (Fsp3) is 1.00. The third-order valence-corrected chi connectivity index (χ3v) is 6.06. The van der Waals surface area contributed by atoms with Crippen molar-refractivity contribution in [3.05, 3.63) is 0 Å². The summed E-state index contributed by atoms with van der Waals surface area (Å²) < 4.78 is 24.7. The van der Waals surface area contributed by atoms with Crippen LogP contribution in [0.15, 0.2) is 0 Å². The molecule has 5 heteroatoms. The lowest BCUT2D eigenvalue weighted by atomic mass is 10.0. The summed E-state index contributed by atoms with van der Waals surface area (Å²) in [6.07, 6.45) is 3.38. The Morgan fingerprint density at radius 1 is 1.44 bits per heavy atom. The van der Waals surface area contributed by atoms with Gasteiger partial charge in [-0.25, -0.2) is 12.7 Å². The van der Waals surface area contributed by atoms with E-state index in [4.69, 9.17) is 0 Å². The zero-order valence-corrected chi connectivity index (χ0v) is 11.0. The monoisotopic (exact) mass is 246 g/mol. The Morgan fingerprint density at radius 2 is 2.12 bits per heavy atom. The first-order valence-electron chi connectivity index (χ1n) is 6.15. The van der Waals surface area contributed by atoms with Gasteiger partial charge in [-0.15, -0.1) is 0 Å². The van der Waals surface area contributed by atoms with Crippen LogP contribution in [-0.2, 0) is 10.0 Å². The van der Waals surface area contributed by atoms with Gasteiger partial charge in [-0.2, -0.15) is 0 Å². The number of sulfonamides is 1. The van der Waals surface area contributed by atoms with Gasteiger partial charge in [0.1, 0.15) is 0 Å². The van der Waals surface area contributed by atoms with E-state index in [1.54, 1.807) is 4.31 Å². The molecule has 4 nitrogen and oxygen atoms in total. The Bertz CT molecular complexity index is 349. The second-order valence-electron chi connectivity index (χ2n) is 5.40. The van der Waals surface area contributed by atoms with Crippen LogP contribution >= 0.6 is 0 Å². The van der Waals surface area contributed by atoms with Gasteiger partial charge >= 0.3 is 0 Å². The van der Waals surface area contributed by atoms with Gasteiger partial charge in [0.15, 0.2) is 0 Å². The molecule has 1 saturated heterocycles.